The smallest absolute Gasteiger partial charge is 0.314 e. The molecule has 0 unspecified atom stereocenters. The second-order valence-electron chi connectivity index (χ2n) is 5.91. The Balaban J connectivity index is 2.00. The van der Waals surface area contributed by atoms with E-state index in [4.69, 9.17) is 9.84 Å². The lowest BCUT2D eigenvalue weighted by Crippen LogP contribution is -2.44. The zero-order valence-electron chi connectivity index (χ0n) is 13.2. The van der Waals surface area contributed by atoms with Gasteiger partial charge in [0.25, 0.3) is 0 Å². The van der Waals surface area contributed by atoms with Crippen molar-refractivity contribution in [2.24, 2.45) is 0 Å². The molecule has 2 amide bonds. The van der Waals surface area contributed by atoms with Crippen LogP contribution >= 0.6 is 0 Å². The second kappa shape index (κ2) is 8.03. The quantitative estimate of drug-likeness (QED) is 0.676. The van der Waals surface area contributed by atoms with Gasteiger partial charge in [0.05, 0.1) is 7.11 Å². The lowest BCUT2D eigenvalue weighted by Gasteiger charge is -2.30. The lowest BCUT2D eigenvalue weighted by molar-refractivity contribution is 0.234. The maximum absolute atomic E-state index is 11.8. The fraction of sp³-hybridized carbons (Fsp3) is 0.588. The van der Waals surface area contributed by atoms with E-state index in [1.165, 1.54) is 18.4 Å². The van der Waals surface area contributed by atoms with Gasteiger partial charge in [0, 0.05) is 25.1 Å². The minimum absolute atomic E-state index is 0.00284. The number of hydrogen-bond acceptors (Lipinski definition) is 3. The van der Waals surface area contributed by atoms with E-state index < -0.39 is 0 Å². The molecule has 0 heterocycles. The summed E-state index contributed by atoms with van der Waals surface area (Å²) in [6.07, 6.45) is 5.11. The van der Waals surface area contributed by atoms with Gasteiger partial charge in [0.2, 0.25) is 0 Å². The number of aliphatic hydroxyl groups excluding tert-OH is 1. The van der Waals surface area contributed by atoms with Crippen molar-refractivity contribution in [3.05, 3.63) is 29.8 Å². The number of benzene rings is 1. The van der Waals surface area contributed by atoms with Crippen LogP contribution in [0.3, 0.4) is 0 Å². The van der Waals surface area contributed by atoms with Crippen molar-refractivity contribution in [3.8, 4) is 5.75 Å². The monoisotopic (exact) mass is 306 g/mol. The molecule has 22 heavy (non-hydrogen) atoms. The zero-order chi connectivity index (χ0) is 15.8. The second-order valence-corrected chi connectivity index (χ2v) is 5.91. The molecule has 0 bridgehead atoms. The number of aliphatic hydroxyl groups is 1. The summed E-state index contributed by atoms with van der Waals surface area (Å²) < 4.78 is 5.33. The highest BCUT2D eigenvalue weighted by Gasteiger charge is 2.36. The van der Waals surface area contributed by atoms with Gasteiger partial charge in [-0.25, -0.2) is 4.79 Å². The van der Waals surface area contributed by atoms with Crippen molar-refractivity contribution >= 4 is 6.03 Å². The first-order valence-electron chi connectivity index (χ1n) is 7.97. The van der Waals surface area contributed by atoms with Crippen LogP contribution < -0.4 is 15.4 Å². The van der Waals surface area contributed by atoms with E-state index in [2.05, 4.69) is 22.8 Å². The van der Waals surface area contributed by atoms with Crippen LogP contribution in [0.25, 0.3) is 0 Å². The van der Waals surface area contributed by atoms with Crippen molar-refractivity contribution in [3.63, 3.8) is 0 Å². The minimum Gasteiger partial charge on any atom is -0.497 e. The van der Waals surface area contributed by atoms with Crippen LogP contribution in [0.5, 0.6) is 5.75 Å². The number of carbonyl (C=O) groups excluding carboxylic acids is 1. The van der Waals surface area contributed by atoms with E-state index in [1.54, 1.807) is 7.11 Å². The summed E-state index contributed by atoms with van der Waals surface area (Å²) >= 11 is 0. The Bertz CT molecular complexity index is 485. The van der Waals surface area contributed by atoms with Gasteiger partial charge in [-0.05, 0) is 37.0 Å². The molecular formula is C17H26N2O3. The zero-order valence-corrected chi connectivity index (χ0v) is 13.2. The Labute approximate surface area is 132 Å². The number of ether oxygens (including phenoxy) is 1. The summed E-state index contributed by atoms with van der Waals surface area (Å²) in [4.78, 5) is 11.8. The van der Waals surface area contributed by atoms with Gasteiger partial charge in [-0.3, -0.25) is 0 Å². The van der Waals surface area contributed by atoms with E-state index in [0.29, 0.717) is 19.5 Å². The number of nitrogens with one attached hydrogen (secondary N) is 2. The first kappa shape index (κ1) is 16.6. The van der Waals surface area contributed by atoms with Crippen LogP contribution in [-0.4, -0.2) is 37.9 Å². The Morgan fingerprint density at radius 2 is 2.09 bits per heavy atom. The summed E-state index contributed by atoms with van der Waals surface area (Å²) in [5, 5.41) is 14.5. The SMILES string of the molecule is COc1cccc(C2(CNC(=O)NCCCO)CCCC2)c1. The van der Waals surface area contributed by atoms with E-state index in [9.17, 15) is 4.79 Å². The first-order chi connectivity index (χ1) is 10.7. The highest BCUT2D eigenvalue weighted by atomic mass is 16.5. The fourth-order valence-electron chi connectivity index (χ4n) is 3.17. The van der Waals surface area contributed by atoms with Crippen molar-refractivity contribution in [1.29, 1.82) is 0 Å². The van der Waals surface area contributed by atoms with Gasteiger partial charge in [0.1, 0.15) is 5.75 Å². The molecule has 0 atom stereocenters. The first-order valence-corrected chi connectivity index (χ1v) is 7.97. The molecule has 0 saturated heterocycles. The van der Waals surface area contributed by atoms with Crippen molar-refractivity contribution in [2.45, 2.75) is 37.5 Å². The molecule has 1 aliphatic carbocycles. The van der Waals surface area contributed by atoms with Crippen LogP contribution in [0.2, 0.25) is 0 Å². The number of amides is 2. The predicted molar refractivity (Wildman–Crippen MR) is 86.2 cm³/mol. The third-order valence-electron chi connectivity index (χ3n) is 4.45. The normalized spacial score (nSPS) is 16.3. The van der Waals surface area contributed by atoms with Crippen molar-refractivity contribution in [1.82, 2.24) is 10.6 Å². The van der Waals surface area contributed by atoms with Gasteiger partial charge in [-0.1, -0.05) is 25.0 Å². The average Bonchev–Trinajstić information content (AvgIpc) is 3.03. The molecule has 0 spiro atoms. The maximum atomic E-state index is 11.8. The summed E-state index contributed by atoms with van der Waals surface area (Å²) in [5.74, 6) is 0.858. The van der Waals surface area contributed by atoms with E-state index in [1.807, 2.05) is 12.1 Å². The van der Waals surface area contributed by atoms with Gasteiger partial charge in [-0.15, -0.1) is 0 Å². The number of methoxy groups -OCH3 is 1. The third kappa shape index (κ3) is 4.13. The van der Waals surface area contributed by atoms with Crippen LogP contribution in [0, 0.1) is 0 Å². The lowest BCUT2D eigenvalue weighted by atomic mass is 9.78. The van der Waals surface area contributed by atoms with E-state index in [0.717, 1.165) is 18.6 Å². The molecule has 122 valence electrons. The molecule has 5 heteroatoms. The average molecular weight is 306 g/mol. The molecule has 3 N–H and O–H groups in total. The highest BCUT2D eigenvalue weighted by molar-refractivity contribution is 5.74. The van der Waals surface area contributed by atoms with E-state index >= 15 is 0 Å². The van der Waals surface area contributed by atoms with Gasteiger partial charge < -0.3 is 20.5 Å². The number of urea groups is 1. The van der Waals surface area contributed by atoms with Gasteiger partial charge >= 0.3 is 6.03 Å². The van der Waals surface area contributed by atoms with Crippen LogP contribution in [-0.2, 0) is 5.41 Å². The van der Waals surface area contributed by atoms with Crippen molar-refractivity contribution < 1.29 is 14.6 Å². The number of rotatable bonds is 7. The van der Waals surface area contributed by atoms with Gasteiger partial charge in [0.15, 0.2) is 0 Å². The molecule has 1 fully saturated rings. The summed E-state index contributed by atoms with van der Waals surface area (Å²) in [7, 11) is 1.67. The Morgan fingerprint density at radius 1 is 1.32 bits per heavy atom. The molecule has 1 aromatic carbocycles. The van der Waals surface area contributed by atoms with Crippen LogP contribution in [0.4, 0.5) is 4.79 Å². The largest absolute Gasteiger partial charge is 0.497 e. The fourth-order valence-corrected chi connectivity index (χ4v) is 3.17. The Hall–Kier alpha value is -1.75. The predicted octanol–water partition coefficient (Wildman–Crippen LogP) is 2.19. The molecule has 0 aliphatic heterocycles. The summed E-state index contributed by atoms with van der Waals surface area (Å²) in [6.45, 7) is 1.22. The van der Waals surface area contributed by atoms with Crippen LogP contribution in [0.15, 0.2) is 24.3 Å². The number of hydrogen-bond donors (Lipinski definition) is 3. The number of carbonyl (C=O) groups is 1. The molecule has 2 rings (SSSR count). The molecule has 0 aromatic heterocycles. The molecule has 1 saturated carbocycles. The highest BCUT2D eigenvalue weighted by Crippen LogP contribution is 2.41. The molecule has 1 aromatic rings. The topological polar surface area (TPSA) is 70.6 Å². The van der Waals surface area contributed by atoms with Gasteiger partial charge in [-0.2, -0.15) is 0 Å². The third-order valence-corrected chi connectivity index (χ3v) is 4.45. The molecule has 0 radical (unpaired) electrons. The Morgan fingerprint density at radius 3 is 2.77 bits per heavy atom. The summed E-state index contributed by atoms with van der Waals surface area (Å²) in [5.41, 5.74) is 1.24. The molecular weight excluding hydrogens is 280 g/mol. The Kier molecular flexibility index (Phi) is 6.07. The van der Waals surface area contributed by atoms with Crippen molar-refractivity contribution in [2.75, 3.05) is 26.8 Å². The summed E-state index contributed by atoms with van der Waals surface area (Å²) in [6, 6.07) is 8.00. The maximum Gasteiger partial charge on any atom is 0.314 e. The standard InChI is InChI=1S/C17H26N2O3/c1-22-15-7-4-6-14(12-15)17(8-2-3-9-17)13-19-16(21)18-10-5-11-20/h4,6-7,12,20H,2-3,5,8-11,13H2,1H3,(H2,18,19,21). The minimum atomic E-state index is -0.164. The molecule has 1 aliphatic rings. The molecule has 5 nitrogen and oxygen atoms in total. The van der Waals surface area contributed by atoms with Crippen LogP contribution in [0.1, 0.15) is 37.7 Å². The van der Waals surface area contributed by atoms with E-state index in [-0.39, 0.29) is 18.1 Å².